The van der Waals surface area contributed by atoms with Crippen LogP contribution >= 0.6 is 22.7 Å². The molecule has 8 heteroatoms. The lowest BCUT2D eigenvalue weighted by atomic mass is 10.1. The maximum atomic E-state index is 10.7. The number of rotatable bonds is 4. The number of fused-ring (bicyclic) bond motifs is 1. The van der Waals surface area contributed by atoms with Gasteiger partial charge in [-0.05, 0) is 24.9 Å². The number of aromatic nitrogens is 3. The fourth-order valence-corrected chi connectivity index (χ4v) is 5.38. The average molecular weight is 364 g/mol. The SMILES string of the molecule is CCN1CCN([C@@H](c2cccs2)c2sc3nc(C)nn3c2O)CC1. The zero-order valence-electron chi connectivity index (χ0n) is 13.8. The molecule has 0 spiro atoms. The molecule has 3 aromatic rings. The second-order valence-corrected chi connectivity index (χ2v) is 8.02. The molecule has 1 fully saturated rings. The van der Waals surface area contributed by atoms with E-state index in [9.17, 15) is 5.11 Å². The molecular weight excluding hydrogens is 342 g/mol. The molecule has 1 N–H and O–H groups in total. The molecule has 0 saturated carbocycles. The van der Waals surface area contributed by atoms with Crippen LogP contribution < -0.4 is 0 Å². The summed E-state index contributed by atoms with van der Waals surface area (Å²) in [6.07, 6.45) is 0. The van der Waals surface area contributed by atoms with E-state index in [2.05, 4.69) is 44.3 Å². The third-order valence-corrected chi connectivity index (χ3v) is 6.58. The minimum Gasteiger partial charge on any atom is -0.492 e. The molecule has 1 atom stereocenters. The molecule has 0 radical (unpaired) electrons. The summed E-state index contributed by atoms with van der Waals surface area (Å²) in [5.74, 6) is 0.916. The quantitative estimate of drug-likeness (QED) is 0.772. The van der Waals surface area contributed by atoms with Gasteiger partial charge in [-0.25, -0.2) is 4.98 Å². The van der Waals surface area contributed by atoms with Crippen molar-refractivity contribution in [3.8, 4) is 5.88 Å². The molecule has 0 aromatic carbocycles. The smallest absolute Gasteiger partial charge is 0.230 e. The number of hydrogen-bond acceptors (Lipinski definition) is 7. The van der Waals surface area contributed by atoms with Crippen LogP contribution in [0.15, 0.2) is 17.5 Å². The van der Waals surface area contributed by atoms with E-state index in [1.54, 1.807) is 27.2 Å². The first-order chi connectivity index (χ1) is 11.7. The van der Waals surface area contributed by atoms with Gasteiger partial charge in [-0.1, -0.05) is 24.3 Å². The number of likely N-dealkylation sites (N-methyl/N-ethyl adjacent to an activating group) is 1. The van der Waals surface area contributed by atoms with Gasteiger partial charge in [0.2, 0.25) is 10.8 Å². The van der Waals surface area contributed by atoms with Crippen molar-refractivity contribution < 1.29 is 5.11 Å². The maximum absolute atomic E-state index is 10.7. The first-order valence-corrected chi connectivity index (χ1v) is 9.92. The van der Waals surface area contributed by atoms with Crippen LogP contribution in [0.4, 0.5) is 0 Å². The van der Waals surface area contributed by atoms with Gasteiger partial charge in [0.1, 0.15) is 5.82 Å². The fraction of sp³-hybridized carbons (Fsp3) is 0.500. The predicted molar refractivity (Wildman–Crippen MR) is 97.1 cm³/mol. The van der Waals surface area contributed by atoms with E-state index < -0.39 is 0 Å². The zero-order valence-corrected chi connectivity index (χ0v) is 15.5. The summed E-state index contributed by atoms with van der Waals surface area (Å²) in [4.78, 5) is 12.3. The lowest BCUT2D eigenvalue weighted by Gasteiger charge is -2.38. The number of aromatic hydroxyl groups is 1. The van der Waals surface area contributed by atoms with Gasteiger partial charge in [0.15, 0.2) is 0 Å². The molecule has 6 nitrogen and oxygen atoms in total. The van der Waals surface area contributed by atoms with E-state index in [1.165, 1.54) is 4.88 Å². The molecule has 0 aliphatic carbocycles. The molecule has 3 aromatic heterocycles. The molecule has 1 aliphatic heterocycles. The van der Waals surface area contributed by atoms with Gasteiger partial charge in [-0.3, -0.25) is 4.90 Å². The summed E-state index contributed by atoms with van der Waals surface area (Å²) in [6, 6.07) is 4.31. The van der Waals surface area contributed by atoms with Gasteiger partial charge < -0.3 is 10.0 Å². The first kappa shape index (κ1) is 16.0. The van der Waals surface area contributed by atoms with Gasteiger partial charge in [0.05, 0.1) is 10.9 Å². The van der Waals surface area contributed by atoms with Crippen molar-refractivity contribution >= 4 is 27.6 Å². The van der Waals surface area contributed by atoms with Crippen LogP contribution in [0.25, 0.3) is 4.96 Å². The first-order valence-electron chi connectivity index (χ1n) is 8.22. The third-order valence-electron chi connectivity index (χ3n) is 4.59. The van der Waals surface area contributed by atoms with Crippen LogP contribution in [0.3, 0.4) is 0 Å². The van der Waals surface area contributed by atoms with Gasteiger partial charge in [-0.15, -0.1) is 16.4 Å². The van der Waals surface area contributed by atoms with Crippen molar-refractivity contribution in [1.82, 2.24) is 24.4 Å². The molecule has 1 aliphatic rings. The summed E-state index contributed by atoms with van der Waals surface area (Å²) < 4.78 is 1.57. The molecule has 0 bridgehead atoms. The minimum atomic E-state index is 0.0813. The summed E-state index contributed by atoms with van der Waals surface area (Å²) in [5.41, 5.74) is 0. The Balaban J connectivity index is 1.72. The topological polar surface area (TPSA) is 56.9 Å². The van der Waals surface area contributed by atoms with E-state index in [0.717, 1.165) is 42.6 Å². The number of thiophene rings is 1. The van der Waals surface area contributed by atoms with Crippen LogP contribution in [-0.4, -0.2) is 62.2 Å². The third kappa shape index (κ3) is 2.73. The van der Waals surface area contributed by atoms with Crippen LogP contribution in [0.5, 0.6) is 5.88 Å². The van der Waals surface area contributed by atoms with Crippen LogP contribution in [0.1, 0.15) is 28.5 Å². The number of hydrogen-bond donors (Lipinski definition) is 1. The normalized spacial score (nSPS) is 18.4. The van der Waals surface area contributed by atoms with Crippen LogP contribution in [0, 0.1) is 6.92 Å². The highest BCUT2D eigenvalue weighted by atomic mass is 32.1. The Bertz CT molecular complexity index is 817. The number of nitrogens with zero attached hydrogens (tertiary/aromatic N) is 5. The Hall–Kier alpha value is -1.48. The molecule has 4 rings (SSSR count). The lowest BCUT2D eigenvalue weighted by Crippen LogP contribution is -2.47. The molecule has 1 saturated heterocycles. The van der Waals surface area contributed by atoms with E-state index in [-0.39, 0.29) is 11.9 Å². The van der Waals surface area contributed by atoms with E-state index in [1.807, 2.05) is 6.92 Å². The van der Waals surface area contributed by atoms with Gasteiger partial charge in [0, 0.05) is 31.1 Å². The van der Waals surface area contributed by atoms with Crippen molar-refractivity contribution in [2.24, 2.45) is 0 Å². The standard InChI is InChI=1S/C16H21N5OS2/c1-3-19-6-8-20(9-7-19)13(12-5-4-10-23-12)14-15(22)21-16(24-14)17-11(2)18-21/h4-5,10,13,22H,3,6-9H2,1-2H3/t13-/m0/s1. The van der Waals surface area contributed by atoms with E-state index >= 15 is 0 Å². The summed E-state index contributed by atoms with van der Waals surface area (Å²) in [7, 11) is 0. The second-order valence-electron chi connectivity index (χ2n) is 6.03. The average Bonchev–Trinajstić information content (AvgIpc) is 3.29. The van der Waals surface area contributed by atoms with Crippen molar-refractivity contribution in [3.63, 3.8) is 0 Å². The Morgan fingerprint density at radius 3 is 2.71 bits per heavy atom. The van der Waals surface area contributed by atoms with Crippen molar-refractivity contribution in [2.75, 3.05) is 32.7 Å². The molecule has 128 valence electrons. The van der Waals surface area contributed by atoms with Gasteiger partial charge >= 0.3 is 0 Å². The summed E-state index contributed by atoms with van der Waals surface area (Å²) >= 11 is 3.28. The van der Waals surface area contributed by atoms with Gasteiger partial charge in [0.25, 0.3) is 0 Å². The highest BCUT2D eigenvalue weighted by Crippen LogP contribution is 2.41. The summed E-state index contributed by atoms with van der Waals surface area (Å²) in [6.45, 7) is 9.29. The van der Waals surface area contributed by atoms with Crippen LogP contribution in [0.2, 0.25) is 0 Å². The number of aryl methyl sites for hydroxylation is 1. The maximum Gasteiger partial charge on any atom is 0.230 e. The number of thiazole rings is 1. The highest BCUT2D eigenvalue weighted by Gasteiger charge is 2.31. The van der Waals surface area contributed by atoms with Gasteiger partial charge in [-0.2, -0.15) is 4.52 Å². The van der Waals surface area contributed by atoms with Crippen molar-refractivity contribution in [2.45, 2.75) is 19.9 Å². The minimum absolute atomic E-state index is 0.0813. The number of piperazine rings is 1. The molecule has 0 amide bonds. The summed E-state index contributed by atoms with van der Waals surface area (Å²) in [5, 5.41) is 17.1. The zero-order chi connectivity index (χ0) is 16.7. The Morgan fingerprint density at radius 2 is 2.08 bits per heavy atom. The highest BCUT2D eigenvalue weighted by molar-refractivity contribution is 7.17. The van der Waals surface area contributed by atoms with E-state index in [4.69, 9.17) is 0 Å². The lowest BCUT2D eigenvalue weighted by molar-refractivity contribution is 0.114. The predicted octanol–water partition coefficient (Wildman–Crippen LogP) is 2.59. The van der Waals surface area contributed by atoms with E-state index in [0.29, 0.717) is 5.82 Å². The largest absolute Gasteiger partial charge is 0.492 e. The second kappa shape index (κ2) is 6.44. The van der Waals surface area contributed by atoms with Crippen molar-refractivity contribution in [3.05, 3.63) is 33.1 Å². The molecule has 4 heterocycles. The Labute approximate surface area is 149 Å². The fourth-order valence-electron chi connectivity index (χ4n) is 3.29. The Morgan fingerprint density at radius 1 is 1.29 bits per heavy atom. The Kier molecular flexibility index (Phi) is 4.29. The van der Waals surface area contributed by atoms with Crippen LogP contribution in [-0.2, 0) is 0 Å². The van der Waals surface area contributed by atoms with Crippen molar-refractivity contribution in [1.29, 1.82) is 0 Å². The molecule has 24 heavy (non-hydrogen) atoms. The monoisotopic (exact) mass is 363 g/mol. The molecular formula is C16H21N5OS2. The molecule has 0 unspecified atom stereocenters.